The van der Waals surface area contributed by atoms with E-state index in [1.165, 1.54) is 0 Å². The van der Waals surface area contributed by atoms with Gasteiger partial charge in [0.2, 0.25) is 0 Å². The first-order valence-corrected chi connectivity index (χ1v) is 9.43. The Kier molecular flexibility index (Phi) is 10.1. The van der Waals surface area contributed by atoms with Crippen LogP contribution in [0.15, 0.2) is 0 Å². The molecule has 0 bridgehead atoms. The van der Waals surface area contributed by atoms with E-state index in [0.717, 1.165) is 4.74 Å². The Balaban J connectivity index is 7.36. The third kappa shape index (κ3) is 5.47. The molecule has 0 radical (unpaired) electrons. The van der Waals surface area contributed by atoms with Gasteiger partial charge in [-0.3, -0.25) is 0 Å². The van der Waals surface area contributed by atoms with Crippen LogP contribution < -0.4 is 0 Å². The molecule has 0 saturated heterocycles. The van der Waals surface area contributed by atoms with Crippen molar-refractivity contribution in [2.24, 2.45) is 0 Å². The van der Waals surface area contributed by atoms with E-state index in [2.05, 4.69) is 0 Å². The van der Waals surface area contributed by atoms with E-state index in [-0.39, 0.29) is 0 Å². The van der Waals surface area contributed by atoms with E-state index < -0.39 is 89.1 Å². The molecule has 0 aromatic carbocycles. The van der Waals surface area contributed by atoms with Crippen LogP contribution in [0.3, 0.4) is 0 Å². The molecule has 0 aliphatic carbocycles. The summed E-state index contributed by atoms with van der Waals surface area (Å²) >= 11 is 0. The summed E-state index contributed by atoms with van der Waals surface area (Å²) in [6.45, 7) is 0. The van der Waals surface area contributed by atoms with Gasteiger partial charge < -0.3 is 4.74 Å². The lowest BCUT2D eigenvalue weighted by Gasteiger charge is -2.45. The number of hydrogen-bond acceptors (Lipinski definition) is 2. The maximum atomic E-state index is 13.8. The summed E-state index contributed by atoms with van der Waals surface area (Å²) in [7, 11) is 0. The average Bonchev–Trinajstić information content (AvgIpc) is 2.73. The molecule has 0 aromatic heterocycles. The Hall–Kier alpha value is -2.67. The second-order valence-electron chi connectivity index (χ2n) is 8.04. The van der Waals surface area contributed by atoms with Crippen LogP contribution in [0.4, 0.5) is 132 Å². The van der Waals surface area contributed by atoms with Crippen molar-refractivity contribution in [3.8, 4) is 0 Å². The fourth-order valence-corrected chi connectivity index (χ4v) is 2.63. The van der Waals surface area contributed by atoms with Crippen LogP contribution in [0.1, 0.15) is 0 Å². The number of halogens is 30. The number of ether oxygens (including phenoxy) is 1. The molecular weight excluding hydrogens is 784 g/mol. The molecule has 0 aliphatic heterocycles. The Morgan fingerprint density at radius 1 is 0.362 bits per heavy atom. The first-order chi connectivity index (χ1) is 19.6. The lowest BCUT2D eigenvalue weighted by atomic mass is 9.91. The van der Waals surface area contributed by atoms with Gasteiger partial charge in [0.25, 0.3) is 0 Å². The largest absolute Gasteiger partial charge is 0.581 e. The molecule has 0 fully saturated rings. The lowest BCUT2D eigenvalue weighted by molar-refractivity contribution is -1.23. The van der Waals surface area contributed by atoms with Crippen LogP contribution in [-0.2, 0) is 9.53 Å². The molecule has 0 saturated carbocycles. The minimum absolute atomic E-state index is 0.950. The zero-order valence-corrected chi connectivity index (χ0v) is 19.6. The van der Waals surface area contributed by atoms with E-state index in [1.807, 2.05) is 0 Å². The first kappa shape index (κ1) is 44.3. The highest BCUT2D eigenvalue weighted by atomic mass is 19.5. The zero-order chi connectivity index (χ0) is 39.3. The number of rotatable bonds is 10. The Morgan fingerprint density at radius 2 is 0.617 bits per heavy atom. The van der Waals surface area contributed by atoms with Crippen molar-refractivity contribution >= 4 is 5.97 Å². The van der Waals surface area contributed by atoms with Gasteiger partial charge in [-0.05, 0) is 0 Å². The summed E-state index contributed by atoms with van der Waals surface area (Å²) in [5, 5.41) is 0. The van der Waals surface area contributed by atoms with Crippen LogP contribution in [0.2, 0.25) is 0 Å². The number of quaternary nitrogens is 1. The third-order valence-corrected chi connectivity index (χ3v) is 5.11. The topological polar surface area (TPSA) is 26.3 Å². The quantitative estimate of drug-likeness (QED) is 0.0957. The van der Waals surface area contributed by atoms with Gasteiger partial charge in [0.05, 0.1) is 0 Å². The lowest BCUT2D eigenvalue weighted by Crippen LogP contribution is -2.84. The van der Waals surface area contributed by atoms with Crippen LogP contribution in [0.5, 0.6) is 0 Å². The number of carbonyl (C=O) groups is 1. The molecule has 47 heavy (non-hydrogen) atoms. The number of alkyl halides is 30. The summed E-state index contributed by atoms with van der Waals surface area (Å²) in [6, 6.07) is -9.76. The predicted octanol–water partition coefficient (Wildman–Crippen LogP) is 9.10. The molecule has 0 rings (SSSR count). The Labute approximate surface area is 232 Å². The minimum atomic E-state index is -9.76. The zero-order valence-electron chi connectivity index (χ0n) is 19.6. The van der Waals surface area contributed by atoms with Gasteiger partial charge in [0, 0.05) is 4.48 Å². The second kappa shape index (κ2) is 10.7. The fraction of sp³-hybridized carbons (Fsp3) is 0.929. The molecule has 0 unspecified atom stereocenters. The van der Waals surface area contributed by atoms with Crippen molar-refractivity contribution in [1.82, 2.24) is 0 Å². The highest BCUT2D eigenvalue weighted by Gasteiger charge is 3.02. The van der Waals surface area contributed by atoms with Gasteiger partial charge in [-0.15, -0.1) is 48.3 Å². The molecule has 0 atom stereocenters. The van der Waals surface area contributed by atoms with E-state index in [1.54, 1.807) is 0 Å². The van der Waals surface area contributed by atoms with Gasteiger partial charge in [0.15, 0.2) is 0 Å². The number of carbonyl (C=O) groups excluding carboxylic acids is 1. The summed E-state index contributed by atoms with van der Waals surface area (Å²) < 4.78 is 384. The second-order valence-corrected chi connectivity index (χ2v) is 8.04. The van der Waals surface area contributed by atoms with Crippen molar-refractivity contribution in [3.63, 3.8) is 0 Å². The molecule has 33 heteroatoms. The van der Waals surface area contributed by atoms with Crippen LogP contribution in [-0.4, -0.2) is 89.1 Å². The molecular formula is C14F30NO2+. The van der Waals surface area contributed by atoms with E-state index in [0.29, 0.717) is 0 Å². The van der Waals surface area contributed by atoms with Crippen molar-refractivity contribution in [1.29, 1.82) is 0 Å². The molecule has 0 spiro atoms. The van der Waals surface area contributed by atoms with Crippen LogP contribution >= 0.6 is 0 Å². The first-order valence-electron chi connectivity index (χ1n) is 9.43. The third-order valence-electron chi connectivity index (χ3n) is 5.11. The van der Waals surface area contributed by atoms with Crippen molar-refractivity contribution in [2.75, 3.05) is 0 Å². The van der Waals surface area contributed by atoms with Crippen molar-refractivity contribution < 1.29 is 146 Å². The summed E-state index contributed by atoms with van der Waals surface area (Å²) in [4.78, 5) is 10.8. The normalized spacial score (nSPS) is 16.8. The SMILES string of the molecule is O=C(OC(F)(F)C(F)(F)C(F)(F)[N+](C(F)(F)F)(C(F)(F)F)C(F)(F)F)C(F)(F)C(F)(F)C(F)(F)C(F)(F)C(F)(F)C(F)(F)C(F)(F)F. The Morgan fingerprint density at radius 3 is 0.872 bits per heavy atom. The van der Waals surface area contributed by atoms with Gasteiger partial charge in [-0.2, -0.15) is 83.4 Å². The molecule has 0 N–H and O–H groups in total. The van der Waals surface area contributed by atoms with Crippen molar-refractivity contribution in [3.05, 3.63) is 0 Å². The molecule has 282 valence electrons. The summed E-state index contributed by atoms with van der Waals surface area (Å²) in [5.41, 5.74) is 0. The maximum Gasteiger partial charge on any atom is 0.581 e. The highest BCUT2D eigenvalue weighted by molar-refractivity contribution is 5.79. The smallest absolute Gasteiger partial charge is 0.391 e. The monoisotopic (exact) mass is 784 g/mol. The van der Waals surface area contributed by atoms with E-state index in [9.17, 15) is 137 Å². The highest BCUT2D eigenvalue weighted by Crippen LogP contribution is 2.65. The standard InChI is InChI=1S/C14F30NO2/c15-2(16,3(17,18)4(19,20)5(21,22)6(23,24)7(25,26)9(29,30)31)1(46)47-11(34,35)8(27,28)10(32,33)45(12(36,37)38,13(39,40)41)14(42,43)44/q+1. The van der Waals surface area contributed by atoms with Gasteiger partial charge in [0.1, 0.15) is 0 Å². The van der Waals surface area contributed by atoms with Crippen LogP contribution in [0.25, 0.3) is 0 Å². The molecule has 0 aromatic rings. The molecule has 0 amide bonds. The molecule has 0 aliphatic rings. The average molecular weight is 784 g/mol. The number of hydrogen-bond donors (Lipinski definition) is 0. The maximum absolute atomic E-state index is 13.8. The van der Waals surface area contributed by atoms with E-state index >= 15 is 0 Å². The van der Waals surface area contributed by atoms with Gasteiger partial charge >= 0.3 is 84.7 Å². The number of esters is 1. The van der Waals surface area contributed by atoms with E-state index in [4.69, 9.17) is 0 Å². The fourth-order valence-electron chi connectivity index (χ4n) is 2.63. The minimum Gasteiger partial charge on any atom is -0.391 e. The Bertz CT molecular complexity index is 1130. The summed E-state index contributed by atoms with van der Waals surface area (Å²) in [6.07, 6.45) is -44.4. The molecule has 0 heterocycles. The summed E-state index contributed by atoms with van der Waals surface area (Å²) in [5.74, 6) is -70.4. The van der Waals surface area contributed by atoms with Gasteiger partial charge in [-0.25, -0.2) is 4.79 Å². The van der Waals surface area contributed by atoms with Crippen molar-refractivity contribution in [2.45, 2.75) is 78.7 Å². The van der Waals surface area contributed by atoms with Gasteiger partial charge in [-0.1, -0.05) is 0 Å². The number of nitrogens with zero attached hydrogens (tertiary/aromatic N) is 1. The molecule has 3 nitrogen and oxygen atoms in total. The predicted molar refractivity (Wildman–Crippen MR) is 75.1 cm³/mol. The van der Waals surface area contributed by atoms with Crippen LogP contribution in [0, 0.1) is 0 Å².